The summed E-state index contributed by atoms with van der Waals surface area (Å²) in [6.45, 7) is 1.63. The topological polar surface area (TPSA) is 59.8 Å². The van der Waals surface area contributed by atoms with Gasteiger partial charge in [-0.25, -0.2) is 4.98 Å². The number of amides is 1. The molecule has 0 aliphatic heterocycles. The van der Waals surface area contributed by atoms with Crippen molar-refractivity contribution < 1.29 is 18.0 Å². The summed E-state index contributed by atoms with van der Waals surface area (Å²) in [5.74, 6) is -0.443. The first-order valence-corrected chi connectivity index (χ1v) is 8.54. The molecule has 3 aromatic rings. The van der Waals surface area contributed by atoms with E-state index in [-0.39, 0.29) is 5.69 Å². The van der Waals surface area contributed by atoms with E-state index in [1.54, 1.807) is 42.5 Å². The Labute approximate surface area is 151 Å². The average Bonchev–Trinajstić information content (AvgIpc) is 3.23. The van der Waals surface area contributed by atoms with Crippen molar-refractivity contribution in [2.75, 3.05) is 0 Å². The first-order chi connectivity index (χ1) is 12.2. The van der Waals surface area contributed by atoms with Crippen LogP contribution in [0.3, 0.4) is 0 Å². The number of carbonyl (C=O) groups is 1. The monoisotopic (exact) mass is 380 g/mol. The summed E-state index contributed by atoms with van der Waals surface area (Å²) in [6.07, 6.45) is -0.995. The molecule has 0 spiro atoms. The molecule has 0 saturated heterocycles. The van der Waals surface area contributed by atoms with Crippen LogP contribution in [-0.4, -0.2) is 20.7 Å². The zero-order chi connectivity index (χ0) is 18.9. The van der Waals surface area contributed by atoms with Crippen molar-refractivity contribution in [2.24, 2.45) is 7.05 Å². The second kappa shape index (κ2) is 6.91. The number of aromatic nitrogens is 3. The largest absolute Gasteiger partial charge is 0.416 e. The second-order valence-corrected chi connectivity index (χ2v) is 6.62. The summed E-state index contributed by atoms with van der Waals surface area (Å²) in [5, 5.41) is 8.99. The molecule has 5 nitrogen and oxygen atoms in total. The lowest BCUT2D eigenvalue weighted by Crippen LogP contribution is -2.27. The average molecular weight is 380 g/mol. The van der Waals surface area contributed by atoms with Crippen molar-refractivity contribution in [1.29, 1.82) is 0 Å². The Morgan fingerprint density at radius 2 is 2.12 bits per heavy atom. The predicted octanol–water partition coefficient (Wildman–Crippen LogP) is 4.05. The van der Waals surface area contributed by atoms with E-state index < -0.39 is 23.7 Å². The van der Waals surface area contributed by atoms with Crippen molar-refractivity contribution in [1.82, 2.24) is 20.1 Å². The third-order valence-corrected chi connectivity index (χ3v) is 4.64. The number of nitrogens with zero attached hydrogens (tertiary/aromatic N) is 3. The van der Waals surface area contributed by atoms with Crippen LogP contribution < -0.4 is 5.32 Å². The van der Waals surface area contributed by atoms with Crippen LogP contribution in [0.2, 0.25) is 0 Å². The Bertz CT molecular complexity index is 932. The fraction of sp³-hybridized carbons (Fsp3) is 0.235. The van der Waals surface area contributed by atoms with Crippen LogP contribution in [0.5, 0.6) is 0 Å². The molecule has 1 N–H and O–H groups in total. The molecule has 0 radical (unpaired) electrons. The predicted molar refractivity (Wildman–Crippen MR) is 91.6 cm³/mol. The minimum atomic E-state index is -4.42. The van der Waals surface area contributed by atoms with Crippen LogP contribution in [0.25, 0.3) is 10.6 Å². The van der Waals surface area contributed by atoms with Gasteiger partial charge in [0.1, 0.15) is 10.7 Å². The number of aryl methyl sites for hydroxylation is 1. The highest BCUT2D eigenvalue weighted by Gasteiger charge is 2.30. The maximum atomic E-state index is 12.8. The summed E-state index contributed by atoms with van der Waals surface area (Å²) < 4.78 is 40.1. The van der Waals surface area contributed by atoms with Gasteiger partial charge in [-0.05, 0) is 24.6 Å². The van der Waals surface area contributed by atoms with Crippen molar-refractivity contribution in [3.8, 4) is 10.6 Å². The first kappa shape index (κ1) is 18.1. The molecule has 9 heteroatoms. The number of rotatable bonds is 4. The van der Waals surface area contributed by atoms with E-state index in [0.29, 0.717) is 10.6 Å². The van der Waals surface area contributed by atoms with E-state index in [9.17, 15) is 18.0 Å². The van der Waals surface area contributed by atoms with E-state index in [0.717, 1.165) is 17.7 Å². The highest BCUT2D eigenvalue weighted by Crippen LogP contribution is 2.31. The number of thiazole rings is 1. The number of alkyl halides is 3. The van der Waals surface area contributed by atoms with E-state index in [1.807, 2.05) is 0 Å². The van der Waals surface area contributed by atoms with E-state index >= 15 is 0 Å². The fourth-order valence-corrected chi connectivity index (χ4v) is 3.16. The molecule has 0 aliphatic rings. The summed E-state index contributed by atoms with van der Waals surface area (Å²) >= 11 is 1.30. The molecule has 0 bridgehead atoms. The number of benzene rings is 1. The molecule has 0 unspecified atom stereocenters. The maximum absolute atomic E-state index is 12.8. The summed E-state index contributed by atoms with van der Waals surface area (Å²) in [6, 6.07) is 4.31. The van der Waals surface area contributed by atoms with Gasteiger partial charge in [0.15, 0.2) is 0 Å². The highest BCUT2D eigenvalue weighted by molar-refractivity contribution is 7.13. The molecule has 2 aromatic heterocycles. The molecular formula is C17H15F3N4OS. The fourth-order valence-electron chi connectivity index (χ4n) is 2.38. The zero-order valence-electron chi connectivity index (χ0n) is 13.9. The van der Waals surface area contributed by atoms with Crippen molar-refractivity contribution in [3.63, 3.8) is 0 Å². The van der Waals surface area contributed by atoms with Gasteiger partial charge >= 0.3 is 6.18 Å². The van der Waals surface area contributed by atoms with Gasteiger partial charge in [-0.2, -0.15) is 18.3 Å². The normalized spacial score (nSPS) is 12.8. The number of hydrogen-bond donors (Lipinski definition) is 1. The van der Waals surface area contributed by atoms with Crippen LogP contribution in [0.15, 0.2) is 42.0 Å². The Kier molecular flexibility index (Phi) is 4.82. The van der Waals surface area contributed by atoms with Crippen LogP contribution >= 0.6 is 11.3 Å². The standard InChI is InChI=1S/C17H15F3N4OS/c1-10(11-4-3-5-13(6-11)17(18,19)20)22-15(25)14-9-26-16(23-14)12-7-21-24(2)8-12/h3-10H,1-2H3,(H,22,25)/t10-/m0/s1. The Morgan fingerprint density at radius 3 is 2.77 bits per heavy atom. The second-order valence-electron chi connectivity index (χ2n) is 5.76. The van der Waals surface area contributed by atoms with Crippen LogP contribution in [0, 0.1) is 0 Å². The first-order valence-electron chi connectivity index (χ1n) is 7.66. The lowest BCUT2D eigenvalue weighted by molar-refractivity contribution is -0.137. The Balaban J connectivity index is 1.73. The third-order valence-electron chi connectivity index (χ3n) is 3.75. The Hall–Kier alpha value is -2.68. The molecule has 1 amide bonds. The molecule has 26 heavy (non-hydrogen) atoms. The molecular weight excluding hydrogens is 365 g/mol. The minimum Gasteiger partial charge on any atom is -0.344 e. The van der Waals surface area contributed by atoms with Crippen LogP contribution in [0.4, 0.5) is 13.2 Å². The van der Waals surface area contributed by atoms with E-state index in [4.69, 9.17) is 0 Å². The molecule has 0 fully saturated rings. The maximum Gasteiger partial charge on any atom is 0.416 e. The van der Waals surface area contributed by atoms with Gasteiger partial charge in [-0.1, -0.05) is 12.1 Å². The zero-order valence-corrected chi connectivity index (χ0v) is 14.7. The van der Waals surface area contributed by atoms with Gasteiger partial charge in [0.05, 0.1) is 17.8 Å². The smallest absolute Gasteiger partial charge is 0.344 e. The molecule has 0 aliphatic carbocycles. The quantitative estimate of drug-likeness (QED) is 0.743. The minimum absolute atomic E-state index is 0.215. The lowest BCUT2D eigenvalue weighted by atomic mass is 10.0. The van der Waals surface area contributed by atoms with Gasteiger partial charge in [0, 0.05) is 24.2 Å². The molecule has 2 heterocycles. The number of hydrogen-bond acceptors (Lipinski definition) is 4. The molecule has 1 atom stereocenters. The highest BCUT2D eigenvalue weighted by atomic mass is 32.1. The lowest BCUT2D eigenvalue weighted by Gasteiger charge is -2.15. The van der Waals surface area contributed by atoms with Gasteiger partial charge in [0.25, 0.3) is 5.91 Å². The van der Waals surface area contributed by atoms with Crippen molar-refractivity contribution >= 4 is 17.2 Å². The van der Waals surface area contributed by atoms with Gasteiger partial charge in [-0.3, -0.25) is 9.48 Å². The summed E-state index contributed by atoms with van der Waals surface area (Å²) in [7, 11) is 1.78. The summed E-state index contributed by atoms with van der Waals surface area (Å²) in [4.78, 5) is 16.6. The third kappa shape index (κ3) is 3.93. The summed E-state index contributed by atoms with van der Waals surface area (Å²) in [5.41, 5.74) is 0.634. The SMILES string of the molecule is C[C@H](NC(=O)c1csc(-c2cnn(C)c2)n1)c1cccc(C(F)(F)F)c1. The van der Waals surface area contributed by atoms with Gasteiger partial charge in [-0.15, -0.1) is 11.3 Å². The van der Waals surface area contributed by atoms with Crippen LogP contribution in [-0.2, 0) is 13.2 Å². The molecule has 136 valence electrons. The van der Waals surface area contributed by atoms with Crippen LogP contribution in [0.1, 0.15) is 34.6 Å². The molecule has 0 saturated carbocycles. The molecule has 1 aromatic carbocycles. The van der Waals surface area contributed by atoms with E-state index in [2.05, 4.69) is 15.4 Å². The molecule has 3 rings (SSSR count). The number of nitrogens with one attached hydrogen (secondary N) is 1. The Morgan fingerprint density at radius 1 is 1.35 bits per heavy atom. The van der Waals surface area contributed by atoms with Gasteiger partial charge in [0.2, 0.25) is 0 Å². The van der Waals surface area contributed by atoms with Crippen molar-refractivity contribution in [2.45, 2.75) is 19.1 Å². The van der Waals surface area contributed by atoms with Gasteiger partial charge < -0.3 is 5.32 Å². The van der Waals surface area contributed by atoms with E-state index in [1.165, 1.54) is 17.4 Å². The number of carbonyl (C=O) groups excluding carboxylic acids is 1. The van der Waals surface area contributed by atoms with Crippen molar-refractivity contribution in [3.05, 3.63) is 58.9 Å². The number of halogens is 3.